The molecule has 0 saturated carbocycles. The van der Waals surface area contributed by atoms with E-state index < -0.39 is 0 Å². The van der Waals surface area contributed by atoms with E-state index in [0.717, 1.165) is 27.4 Å². The molecular weight excluding hydrogens is 296 g/mol. The molecule has 0 saturated heterocycles. The fourth-order valence-corrected chi connectivity index (χ4v) is 2.65. The lowest BCUT2D eigenvalue weighted by molar-refractivity contribution is 0.688. The molecule has 1 heterocycles. The number of hydrogen-bond donors (Lipinski definition) is 1. The van der Waals surface area contributed by atoms with E-state index in [9.17, 15) is 0 Å². The van der Waals surface area contributed by atoms with Crippen LogP contribution in [0.2, 0.25) is 0 Å². The van der Waals surface area contributed by atoms with E-state index in [1.807, 2.05) is 18.2 Å². The standard InChI is InChI=1S/C13H15BrN2S/c1-9(2)7-15-13-16-12(8-17-13)10-5-3-4-6-11(10)14/h3-6,8-9H,7H2,1-2H3,(H,15,16). The molecule has 2 rings (SSSR count). The molecule has 1 N–H and O–H groups in total. The van der Waals surface area contributed by atoms with Crippen LogP contribution in [0.25, 0.3) is 11.3 Å². The second-order valence-electron chi connectivity index (χ2n) is 4.29. The molecule has 0 aliphatic heterocycles. The summed E-state index contributed by atoms with van der Waals surface area (Å²) >= 11 is 5.20. The van der Waals surface area contributed by atoms with Gasteiger partial charge in [0.25, 0.3) is 0 Å². The van der Waals surface area contributed by atoms with E-state index >= 15 is 0 Å². The van der Waals surface area contributed by atoms with Gasteiger partial charge in [0.15, 0.2) is 5.13 Å². The highest BCUT2D eigenvalue weighted by molar-refractivity contribution is 9.10. The Balaban J connectivity index is 2.16. The third kappa shape index (κ3) is 3.30. The van der Waals surface area contributed by atoms with E-state index in [0.29, 0.717) is 5.92 Å². The van der Waals surface area contributed by atoms with Crippen molar-refractivity contribution in [3.05, 3.63) is 34.1 Å². The lowest BCUT2D eigenvalue weighted by Gasteiger charge is -2.04. The normalized spacial score (nSPS) is 10.8. The molecule has 0 spiro atoms. The predicted molar refractivity (Wildman–Crippen MR) is 78.6 cm³/mol. The minimum absolute atomic E-state index is 0.630. The zero-order valence-corrected chi connectivity index (χ0v) is 12.3. The van der Waals surface area contributed by atoms with Crippen molar-refractivity contribution in [3.63, 3.8) is 0 Å². The molecule has 0 aliphatic rings. The van der Waals surface area contributed by atoms with Crippen LogP contribution >= 0.6 is 27.3 Å². The topological polar surface area (TPSA) is 24.9 Å². The summed E-state index contributed by atoms with van der Waals surface area (Å²) in [6.45, 7) is 5.34. The van der Waals surface area contributed by atoms with Crippen molar-refractivity contribution in [2.45, 2.75) is 13.8 Å². The molecule has 0 amide bonds. The second kappa shape index (κ2) is 5.65. The number of anilines is 1. The van der Waals surface area contributed by atoms with Gasteiger partial charge in [-0.1, -0.05) is 48.0 Å². The number of aromatic nitrogens is 1. The SMILES string of the molecule is CC(C)CNc1nc(-c2ccccc2Br)cs1. The molecule has 2 nitrogen and oxygen atoms in total. The summed E-state index contributed by atoms with van der Waals surface area (Å²) in [4.78, 5) is 4.59. The van der Waals surface area contributed by atoms with Gasteiger partial charge in [0.1, 0.15) is 0 Å². The fourth-order valence-electron chi connectivity index (χ4n) is 1.44. The van der Waals surface area contributed by atoms with Gasteiger partial charge in [0, 0.05) is 22.0 Å². The van der Waals surface area contributed by atoms with E-state index in [1.54, 1.807) is 11.3 Å². The lowest BCUT2D eigenvalue weighted by Crippen LogP contribution is -2.07. The first-order chi connectivity index (χ1) is 8.16. The Morgan fingerprint density at radius 1 is 1.35 bits per heavy atom. The molecule has 0 unspecified atom stereocenters. The van der Waals surface area contributed by atoms with E-state index in [-0.39, 0.29) is 0 Å². The van der Waals surface area contributed by atoms with Crippen molar-refractivity contribution >= 4 is 32.4 Å². The van der Waals surface area contributed by atoms with Crippen molar-refractivity contribution in [2.75, 3.05) is 11.9 Å². The Kier molecular flexibility index (Phi) is 4.18. The maximum absolute atomic E-state index is 4.59. The molecule has 2 aromatic rings. The number of thiazole rings is 1. The molecule has 4 heteroatoms. The van der Waals surface area contributed by atoms with Crippen LogP contribution in [0, 0.1) is 5.92 Å². The maximum Gasteiger partial charge on any atom is 0.183 e. The molecule has 0 fully saturated rings. The van der Waals surface area contributed by atoms with Gasteiger partial charge in [0.05, 0.1) is 5.69 Å². The largest absolute Gasteiger partial charge is 0.361 e. The van der Waals surface area contributed by atoms with Gasteiger partial charge in [-0.25, -0.2) is 4.98 Å². The number of hydrogen-bond acceptors (Lipinski definition) is 3. The maximum atomic E-state index is 4.59. The Bertz CT molecular complexity index is 494. The van der Waals surface area contributed by atoms with Gasteiger partial charge in [-0.2, -0.15) is 0 Å². The van der Waals surface area contributed by atoms with Crippen LogP contribution in [0.5, 0.6) is 0 Å². The van der Waals surface area contributed by atoms with Crippen molar-refractivity contribution in [1.82, 2.24) is 4.98 Å². The number of benzene rings is 1. The van der Waals surface area contributed by atoms with Crippen molar-refractivity contribution in [1.29, 1.82) is 0 Å². The minimum Gasteiger partial charge on any atom is -0.361 e. The third-order valence-electron chi connectivity index (χ3n) is 2.32. The molecule has 1 aromatic carbocycles. The van der Waals surface area contributed by atoms with Crippen molar-refractivity contribution in [2.24, 2.45) is 5.92 Å². The number of halogens is 1. The first-order valence-electron chi connectivity index (χ1n) is 5.61. The average molecular weight is 311 g/mol. The van der Waals surface area contributed by atoms with Crippen LogP contribution in [0.3, 0.4) is 0 Å². The number of rotatable bonds is 4. The summed E-state index contributed by atoms with van der Waals surface area (Å²) in [7, 11) is 0. The Hall–Kier alpha value is -0.870. The van der Waals surface area contributed by atoms with Crippen LogP contribution in [-0.4, -0.2) is 11.5 Å². The molecule has 0 aliphatic carbocycles. The molecule has 0 bridgehead atoms. The highest BCUT2D eigenvalue weighted by Crippen LogP contribution is 2.30. The van der Waals surface area contributed by atoms with Crippen molar-refractivity contribution in [3.8, 4) is 11.3 Å². The Morgan fingerprint density at radius 3 is 2.82 bits per heavy atom. The van der Waals surface area contributed by atoms with E-state index in [2.05, 4.69) is 51.5 Å². The molecule has 0 radical (unpaired) electrons. The van der Waals surface area contributed by atoms with Gasteiger partial charge in [0.2, 0.25) is 0 Å². The molecule has 90 valence electrons. The second-order valence-corrected chi connectivity index (χ2v) is 6.00. The highest BCUT2D eigenvalue weighted by Gasteiger charge is 2.07. The quantitative estimate of drug-likeness (QED) is 0.889. The van der Waals surface area contributed by atoms with E-state index in [1.165, 1.54) is 0 Å². The Morgan fingerprint density at radius 2 is 2.12 bits per heavy atom. The highest BCUT2D eigenvalue weighted by atomic mass is 79.9. The zero-order chi connectivity index (χ0) is 12.3. The lowest BCUT2D eigenvalue weighted by atomic mass is 10.2. The minimum atomic E-state index is 0.630. The van der Waals surface area contributed by atoms with Gasteiger partial charge >= 0.3 is 0 Å². The first-order valence-corrected chi connectivity index (χ1v) is 7.28. The number of nitrogens with zero attached hydrogens (tertiary/aromatic N) is 1. The van der Waals surface area contributed by atoms with E-state index in [4.69, 9.17) is 0 Å². The average Bonchev–Trinajstić information content (AvgIpc) is 2.75. The van der Waals surface area contributed by atoms with Crippen LogP contribution in [0.15, 0.2) is 34.1 Å². The summed E-state index contributed by atoms with van der Waals surface area (Å²) in [5.41, 5.74) is 2.16. The monoisotopic (exact) mass is 310 g/mol. The molecule has 17 heavy (non-hydrogen) atoms. The van der Waals surface area contributed by atoms with Crippen LogP contribution in [0.1, 0.15) is 13.8 Å². The van der Waals surface area contributed by atoms with Gasteiger partial charge < -0.3 is 5.32 Å². The van der Waals surface area contributed by atoms with Gasteiger partial charge in [-0.15, -0.1) is 11.3 Å². The summed E-state index contributed by atoms with van der Waals surface area (Å²) in [5.74, 6) is 0.630. The molecule has 0 atom stereocenters. The summed E-state index contributed by atoms with van der Waals surface area (Å²) in [6, 6.07) is 8.15. The first kappa shape index (κ1) is 12.6. The third-order valence-corrected chi connectivity index (χ3v) is 3.81. The van der Waals surface area contributed by atoms with Crippen LogP contribution in [-0.2, 0) is 0 Å². The fraction of sp³-hybridized carbons (Fsp3) is 0.308. The van der Waals surface area contributed by atoms with Gasteiger partial charge in [-0.05, 0) is 12.0 Å². The zero-order valence-electron chi connectivity index (χ0n) is 9.90. The van der Waals surface area contributed by atoms with Crippen LogP contribution < -0.4 is 5.32 Å². The van der Waals surface area contributed by atoms with Gasteiger partial charge in [-0.3, -0.25) is 0 Å². The predicted octanol–water partition coefficient (Wildman–Crippen LogP) is 4.64. The summed E-state index contributed by atoms with van der Waals surface area (Å²) in [5, 5.41) is 6.42. The number of nitrogens with one attached hydrogen (secondary N) is 1. The molecular formula is C13H15BrN2S. The summed E-state index contributed by atoms with van der Waals surface area (Å²) < 4.78 is 1.08. The van der Waals surface area contributed by atoms with Crippen LogP contribution in [0.4, 0.5) is 5.13 Å². The smallest absolute Gasteiger partial charge is 0.183 e. The summed E-state index contributed by atoms with van der Waals surface area (Å²) in [6.07, 6.45) is 0. The molecule has 1 aromatic heterocycles. The van der Waals surface area contributed by atoms with Crippen molar-refractivity contribution < 1.29 is 0 Å². The Labute approximate surface area is 114 Å².